The van der Waals surface area contributed by atoms with Gasteiger partial charge in [0, 0.05) is 51.0 Å². The first-order valence-corrected chi connectivity index (χ1v) is 10.4. The van der Waals surface area contributed by atoms with Gasteiger partial charge in [-0.1, -0.05) is 54.1 Å². The van der Waals surface area contributed by atoms with Gasteiger partial charge in [-0.05, 0) is 36.1 Å². The first-order chi connectivity index (χ1) is 13.7. The summed E-state index contributed by atoms with van der Waals surface area (Å²) in [5, 5.41) is 0.702. The monoisotopic (exact) mass is 398 g/mol. The van der Waals surface area contributed by atoms with Crippen molar-refractivity contribution in [2.24, 2.45) is 0 Å². The van der Waals surface area contributed by atoms with Gasteiger partial charge in [-0.2, -0.15) is 0 Å². The zero-order valence-electron chi connectivity index (χ0n) is 16.1. The van der Waals surface area contributed by atoms with Crippen LogP contribution in [0.15, 0.2) is 54.6 Å². The number of benzene rings is 2. The highest BCUT2D eigenvalue weighted by atomic mass is 35.5. The molecule has 4 rings (SSSR count). The van der Waals surface area contributed by atoms with Crippen LogP contribution in [0.5, 0.6) is 0 Å². The van der Waals surface area contributed by atoms with Crippen LogP contribution >= 0.6 is 11.6 Å². The molecule has 0 unspecified atom stereocenters. The predicted octanol–water partition coefficient (Wildman–Crippen LogP) is 3.73. The summed E-state index contributed by atoms with van der Waals surface area (Å²) in [7, 11) is 0. The van der Waals surface area contributed by atoms with Crippen LogP contribution in [-0.2, 0) is 21.5 Å². The lowest BCUT2D eigenvalue weighted by molar-refractivity contribution is -0.143. The van der Waals surface area contributed by atoms with E-state index in [2.05, 4.69) is 34.1 Å². The van der Waals surface area contributed by atoms with Gasteiger partial charge < -0.3 is 9.64 Å². The topological polar surface area (TPSA) is 32.8 Å². The Morgan fingerprint density at radius 3 is 2.21 bits per heavy atom. The molecule has 2 fully saturated rings. The zero-order valence-corrected chi connectivity index (χ0v) is 16.9. The minimum absolute atomic E-state index is 0.248. The number of carbonyl (C=O) groups is 1. The van der Waals surface area contributed by atoms with Gasteiger partial charge >= 0.3 is 0 Å². The third-order valence-corrected chi connectivity index (χ3v) is 6.31. The minimum atomic E-state index is -0.482. The van der Waals surface area contributed by atoms with Crippen molar-refractivity contribution in [3.63, 3.8) is 0 Å². The van der Waals surface area contributed by atoms with Gasteiger partial charge in [-0.3, -0.25) is 9.69 Å². The second-order valence-electron chi connectivity index (χ2n) is 7.76. The van der Waals surface area contributed by atoms with Gasteiger partial charge in [-0.15, -0.1) is 0 Å². The first kappa shape index (κ1) is 19.4. The number of rotatable bonds is 4. The average molecular weight is 399 g/mol. The predicted molar refractivity (Wildman–Crippen MR) is 111 cm³/mol. The van der Waals surface area contributed by atoms with E-state index in [-0.39, 0.29) is 5.91 Å². The van der Waals surface area contributed by atoms with Crippen molar-refractivity contribution >= 4 is 17.5 Å². The molecule has 2 aliphatic rings. The molecule has 0 atom stereocenters. The fraction of sp³-hybridized carbons (Fsp3) is 0.435. The van der Waals surface area contributed by atoms with Crippen LogP contribution in [0, 0.1) is 0 Å². The summed E-state index contributed by atoms with van der Waals surface area (Å²) in [6, 6.07) is 18.3. The molecule has 2 saturated heterocycles. The van der Waals surface area contributed by atoms with Crippen LogP contribution in [-0.4, -0.2) is 55.1 Å². The number of amides is 1. The van der Waals surface area contributed by atoms with Crippen molar-refractivity contribution < 1.29 is 9.53 Å². The molecule has 5 heteroatoms. The summed E-state index contributed by atoms with van der Waals surface area (Å²) in [6.45, 7) is 5.58. The normalized spacial score (nSPS) is 20.1. The zero-order chi connectivity index (χ0) is 19.4. The molecule has 0 spiro atoms. The van der Waals surface area contributed by atoms with Gasteiger partial charge in [0.2, 0.25) is 5.91 Å². The molecular weight excluding hydrogens is 372 g/mol. The number of piperazine rings is 1. The highest BCUT2D eigenvalue weighted by Crippen LogP contribution is 2.37. The van der Waals surface area contributed by atoms with Crippen molar-refractivity contribution in [2.45, 2.75) is 24.8 Å². The van der Waals surface area contributed by atoms with E-state index < -0.39 is 5.41 Å². The van der Waals surface area contributed by atoms with E-state index in [0.717, 1.165) is 51.1 Å². The van der Waals surface area contributed by atoms with Gasteiger partial charge in [0.15, 0.2) is 0 Å². The molecule has 0 radical (unpaired) electrons. The largest absolute Gasteiger partial charge is 0.381 e. The number of halogens is 1. The summed E-state index contributed by atoms with van der Waals surface area (Å²) in [5.74, 6) is 0.248. The van der Waals surface area contributed by atoms with Crippen molar-refractivity contribution in [2.75, 3.05) is 39.4 Å². The Hall–Kier alpha value is -1.88. The standard InChI is InChI=1S/C23H27ClN2O2/c24-21-8-6-20(7-9-21)23(10-16-28-17-11-23)22(27)26-14-12-25(13-15-26)18-19-4-2-1-3-5-19/h1-9H,10-18H2. The lowest BCUT2D eigenvalue weighted by Gasteiger charge is -2.43. The van der Waals surface area contributed by atoms with E-state index in [0.29, 0.717) is 18.2 Å². The molecule has 2 aromatic carbocycles. The van der Waals surface area contributed by atoms with Gasteiger partial charge in [0.05, 0.1) is 5.41 Å². The maximum Gasteiger partial charge on any atom is 0.233 e. The van der Waals surface area contributed by atoms with E-state index in [4.69, 9.17) is 16.3 Å². The van der Waals surface area contributed by atoms with Crippen LogP contribution in [0.3, 0.4) is 0 Å². The van der Waals surface area contributed by atoms with Gasteiger partial charge in [-0.25, -0.2) is 0 Å². The second kappa shape index (κ2) is 8.64. The molecule has 2 heterocycles. The molecule has 0 N–H and O–H groups in total. The Labute approximate surface area is 172 Å². The summed E-state index contributed by atoms with van der Waals surface area (Å²) >= 11 is 6.08. The highest BCUT2D eigenvalue weighted by molar-refractivity contribution is 6.30. The number of nitrogens with zero attached hydrogens (tertiary/aromatic N) is 2. The lowest BCUT2D eigenvalue weighted by Crippen LogP contribution is -2.55. The fourth-order valence-electron chi connectivity index (χ4n) is 4.37. The molecule has 2 aliphatic heterocycles. The average Bonchev–Trinajstić information content (AvgIpc) is 2.75. The minimum Gasteiger partial charge on any atom is -0.381 e. The Morgan fingerprint density at radius 1 is 0.929 bits per heavy atom. The van der Waals surface area contributed by atoms with E-state index in [1.807, 2.05) is 30.3 Å². The van der Waals surface area contributed by atoms with E-state index in [9.17, 15) is 4.79 Å². The SMILES string of the molecule is O=C(N1CCN(Cc2ccccc2)CC1)C1(c2ccc(Cl)cc2)CCOCC1. The van der Waals surface area contributed by atoms with Gasteiger partial charge in [0.25, 0.3) is 0 Å². The quantitative estimate of drug-likeness (QED) is 0.786. The van der Waals surface area contributed by atoms with Crippen molar-refractivity contribution in [1.29, 1.82) is 0 Å². The third-order valence-electron chi connectivity index (χ3n) is 6.06. The molecule has 4 nitrogen and oxygen atoms in total. The van der Waals surface area contributed by atoms with Crippen molar-refractivity contribution in [1.82, 2.24) is 9.80 Å². The Morgan fingerprint density at radius 2 is 1.57 bits per heavy atom. The van der Waals surface area contributed by atoms with Crippen LogP contribution < -0.4 is 0 Å². The van der Waals surface area contributed by atoms with Crippen molar-refractivity contribution in [3.8, 4) is 0 Å². The van der Waals surface area contributed by atoms with Gasteiger partial charge in [0.1, 0.15) is 0 Å². The highest BCUT2D eigenvalue weighted by Gasteiger charge is 2.44. The fourth-order valence-corrected chi connectivity index (χ4v) is 4.49. The summed E-state index contributed by atoms with van der Waals surface area (Å²) in [6.07, 6.45) is 1.47. The number of carbonyl (C=O) groups excluding carboxylic acids is 1. The van der Waals surface area contributed by atoms with E-state index in [1.54, 1.807) is 0 Å². The molecule has 1 amide bonds. The van der Waals surface area contributed by atoms with Crippen LogP contribution in [0.4, 0.5) is 0 Å². The molecule has 0 bridgehead atoms. The molecule has 0 aromatic heterocycles. The van der Waals surface area contributed by atoms with Crippen LogP contribution in [0.2, 0.25) is 5.02 Å². The molecule has 0 saturated carbocycles. The summed E-state index contributed by atoms with van der Waals surface area (Å²) in [4.78, 5) is 18.1. The van der Waals surface area contributed by atoms with Crippen LogP contribution in [0.25, 0.3) is 0 Å². The maximum atomic E-state index is 13.6. The van der Waals surface area contributed by atoms with Crippen molar-refractivity contribution in [3.05, 3.63) is 70.7 Å². The third kappa shape index (κ3) is 4.09. The van der Waals surface area contributed by atoms with Crippen LogP contribution in [0.1, 0.15) is 24.0 Å². The maximum absolute atomic E-state index is 13.6. The molecular formula is C23H27ClN2O2. The smallest absolute Gasteiger partial charge is 0.233 e. The van der Waals surface area contributed by atoms with E-state index in [1.165, 1.54) is 5.56 Å². The summed E-state index contributed by atoms with van der Waals surface area (Å²) < 4.78 is 5.59. The number of ether oxygens (including phenoxy) is 1. The first-order valence-electron chi connectivity index (χ1n) is 10.1. The second-order valence-corrected chi connectivity index (χ2v) is 8.19. The Bertz CT molecular complexity index is 780. The molecule has 0 aliphatic carbocycles. The molecule has 148 valence electrons. The summed E-state index contributed by atoms with van der Waals surface area (Å²) in [5.41, 5.74) is 1.91. The van der Waals surface area contributed by atoms with E-state index >= 15 is 0 Å². The number of hydrogen-bond donors (Lipinski definition) is 0. The molecule has 2 aromatic rings. The lowest BCUT2D eigenvalue weighted by atomic mass is 9.73. The Balaban J connectivity index is 1.45. The molecule has 28 heavy (non-hydrogen) atoms. The Kier molecular flexibility index (Phi) is 6.00. The number of hydrogen-bond acceptors (Lipinski definition) is 3.